The Morgan fingerprint density at radius 3 is 2.72 bits per heavy atom. The number of hydrogen-bond acceptors (Lipinski definition) is 6. The first kappa shape index (κ1) is 23.2. The summed E-state index contributed by atoms with van der Waals surface area (Å²) in [7, 11) is 0. The van der Waals surface area contributed by atoms with Crippen molar-refractivity contribution in [3.05, 3.63) is 35.7 Å². The Kier molecular flexibility index (Phi) is 7.45. The first-order chi connectivity index (χ1) is 15.2. The van der Waals surface area contributed by atoms with Crippen LogP contribution in [0.2, 0.25) is 0 Å². The number of carbonyl (C=O) groups excluding carboxylic acids is 4. The van der Waals surface area contributed by atoms with E-state index in [0.29, 0.717) is 37.2 Å². The zero-order valence-electron chi connectivity index (χ0n) is 18.1. The highest BCUT2D eigenvalue weighted by molar-refractivity contribution is 5.90. The molecule has 0 radical (unpaired) electrons. The van der Waals surface area contributed by atoms with Crippen LogP contribution in [0.15, 0.2) is 24.3 Å². The van der Waals surface area contributed by atoms with E-state index in [9.17, 15) is 23.6 Å². The van der Waals surface area contributed by atoms with E-state index >= 15 is 0 Å². The van der Waals surface area contributed by atoms with Crippen molar-refractivity contribution >= 4 is 35.1 Å². The Hall–Kier alpha value is -3.43. The number of anilines is 1. The van der Waals surface area contributed by atoms with E-state index in [1.807, 2.05) is 6.08 Å². The van der Waals surface area contributed by atoms with Crippen LogP contribution in [0.4, 0.5) is 14.9 Å². The monoisotopic (exact) mass is 447 g/mol. The predicted octanol–water partition coefficient (Wildman–Crippen LogP) is 1.86. The van der Waals surface area contributed by atoms with Crippen LogP contribution in [0, 0.1) is 5.82 Å². The Morgan fingerprint density at radius 2 is 2.03 bits per heavy atom. The number of carbonyl (C=O) groups is 4. The van der Waals surface area contributed by atoms with Crippen LogP contribution in [0.5, 0.6) is 0 Å². The third kappa shape index (κ3) is 5.83. The highest BCUT2D eigenvalue weighted by Crippen LogP contribution is 2.29. The molecule has 9 nitrogen and oxygen atoms in total. The fraction of sp³-hybridized carbons (Fsp3) is 0.455. The van der Waals surface area contributed by atoms with Gasteiger partial charge in [0, 0.05) is 32.5 Å². The summed E-state index contributed by atoms with van der Waals surface area (Å²) in [5, 5.41) is 2.60. The lowest BCUT2D eigenvalue weighted by Gasteiger charge is -2.20. The van der Waals surface area contributed by atoms with Crippen molar-refractivity contribution in [3.63, 3.8) is 0 Å². The van der Waals surface area contributed by atoms with E-state index in [-0.39, 0.29) is 31.5 Å². The van der Waals surface area contributed by atoms with E-state index in [1.54, 1.807) is 17.0 Å². The summed E-state index contributed by atoms with van der Waals surface area (Å²) in [5.74, 6) is -1.51. The molecule has 1 N–H and O–H groups in total. The van der Waals surface area contributed by atoms with Gasteiger partial charge in [-0.25, -0.2) is 9.18 Å². The molecule has 32 heavy (non-hydrogen) atoms. The van der Waals surface area contributed by atoms with Crippen LogP contribution >= 0.6 is 0 Å². The third-order valence-electron chi connectivity index (χ3n) is 5.26. The molecule has 0 spiro atoms. The van der Waals surface area contributed by atoms with Crippen molar-refractivity contribution in [1.29, 1.82) is 0 Å². The average molecular weight is 447 g/mol. The summed E-state index contributed by atoms with van der Waals surface area (Å²) in [6.07, 6.45) is 1.79. The number of esters is 1. The molecule has 0 aliphatic carbocycles. The van der Waals surface area contributed by atoms with E-state index in [1.165, 1.54) is 24.8 Å². The molecule has 1 atom stereocenters. The number of halogens is 1. The van der Waals surface area contributed by atoms with Crippen molar-refractivity contribution in [3.8, 4) is 0 Å². The van der Waals surface area contributed by atoms with Gasteiger partial charge >= 0.3 is 12.1 Å². The number of benzene rings is 1. The second-order valence-electron chi connectivity index (χ2n) is 7.65. The van der Waals surface area contributed by atoms with E-state index in [2.05, 4.69) is 5.32 Å². The molecule has 0 bridgehead atoms. The van der Waals surface area contributed by atoms with Gasteiger partial charge in [0.2, 0.25) is 5.91 Å². The minimum atomic E-state index is -0.594. The Labute approximate surface area is 185 Å². The molecule has 2 aliphatic rings. The summed E-state index contributed by atoms with van der Waals surface area (Å²) < 4.78 is 24.9. The first-order valence-corrected chi connectivity index (χ1v) is 10.4. The quantitative estimate of drug-likeness (QED) is 0.668. The Bertz CT molecular complexity index is 948. The topological polar surface area (TPSA) is 105 Å². The summed E-state index contributed by atoms with van der Waals surface area (Å²) in [5.41, 5.74) is 1.55. The first-order valence-electron chi connectivity index (χ1n) is 10.4. The molecule has 2 heterocycles. The van der Waals surface area contributed by atoms with Gasteiger partial charge in [-0.1, -0.05) is 6.08 Å². The van der Waals surface area contributed by atoms with Crippen LogP contribution in [0.1, 0.15) is 32.3 Å². The predicted molar refractivity (Wildman–Crippen MR) is 113 cm³/mol. The number of amides is 3. The highest BCUT2D eigenvalue weighted by Gasteiger charge is 2.33. The molecule has 1 fully saturated rings. The van der Waals surface area contributed by atoms with Gasteiger partial charge in [-0.3, -0.25) is 19.3 Å². The number of nitrogens with zero attached hydrogens (tertiary/aromatic N) is 2. The smallest absolute Gasteiger partial charge is 0.414 e. The van der Waals surface area contributed by atoms with Crippen LogP contribution in [0.25, 0.3) is 5.57 Å². The van der Waals surface area contributed by atoms with Gasteiger partial charge in [0.1, 0.15) is 11.9 Å². The standard InChI is InChI=1S/C22H26FN3O6/c1-14(27)24-11-18-12-26(22(30)32-18)17-5-6-19(20(23)10-17)16-4-3-8-25(9-7-16)21(29)13-31-15(2)28/h4-6,10,18H,3,7-9,11-13H2,1-2H3,(H,24,27)/t18-/m0/s1. The second-order valence-corrected chi connectivity index (χ2v) is 7.65. The molecular weight excluding hydrogens is 421 g/mol. The fourth-order valence-corrected chi connectivity index (χ4v) is 3.64. The van der Waals surface area contributed by atoms with Crippen LogP contribution in [0.3, 0.4) is 0 Å². The van der Waals surface area contributed by atoms with Gasteiger partial charge in [0.15, 0.2) is 6.61 Å². The van der Waals surface area contributed by atoms with E-state index < -0.39 is 24.0 Å². The Balaban J connectivity index is 1.63. The second kappa shape index (κ2) is 10.3. The minimum absolute atomic E-state index is 0.192. The van der Waals surface area contributed by atoms with Gasteiger partial charge in [-0.2, -0.15) is 0 Å². The summed E-state index contributed by atoms with van der Waals surface area (Å²) >= 11 is 0. The maximum Gasteiger partial charge on any atom is 0.414 e. The zero-order valence-corrected chi connectivity index (χ0v) is 18.1. The average Bonchev–Trinajstić information content (AvgIpc) is 2.94. The highest BCUT2D eigenvalue weighted by atomic mass is 19.1. The lowest BCUT2D eigenvalue weighted by molar-refractivity contribution is -0.150. The van der Waals surface area contributed by atoms with Gasteiger partial charge in [0.25, 0.3) is 5.91 Å². The van der Waals surface area contributed by atoms with Crippen molar-refractivity contribution in [2.75, 3.05) is 37.7 Å². The molecule has 172 valence electrons. The molecule has 0 saturated carbocycles. The zero-order chi connectivity index (χ0) is 23.3. The molecular formula is C22H26FN3O6. The van der Waals surface area contributed by atoms with Crippen LogP contribution in [-0.2, 0) is 23.9 Å². The number of hydrogen-bond donors (Lipinski definition) is 1. The molecule has 1 saturated heterocycles. The largest absolute Gasteiger partial charge is 0.456 e. The minimum Gasteiger partial charge on any atom is -0.456 e. The summed E-state index contributed by atoms with van der Waals surface area (Å²) in [6.45, 7) is 3.56. The number of rotatable bonds is 6. The van der Waals surface area contributed by atoms with Crippen molar-refractivity contribution < 1.29 is 33.0 Å². The molecule has 1 aromatic rings. The number of ether oxygens (including phenoxy) is 2. The maximum absolute atomic E-state index is 14.9. The van der Waals surface area contributed by atoms with Crippen molar-refractivity contribution in [2.24, 2.45) is 0 Å². The SMILES string of the molecule is CC(=O)NC[C@H]1CN(c2ccc(C3=CCCN(C(=O)COC(C)=O)CC3)c(F)c2)C(=O)O1. The maximum atomic E-state index is 14.9. The van der Waals surface area contributed by atoms with E-state index in [0.717, 1.165) is 5.57 Å². The molecule has 2 aliphatic heterocycles. The number of cyclic esters (lactones) is 1. The molecule has 1 aromatic carbocycles. The third-order valence-corrected chi connectivity index (χ3v) is 5.26. The molecule has 0 aromatic heterocycles. The van der Waals surface area contributed by atoms with Gasteiger partial charge in [-0.05, 0) is 36.6 Å². The lowest BCUT2D eigenvalue weighted by atomic mass is 10.0. The van der Waals surface area contributed by atoms with Crippen molar-refractivity contribution in [1.82, 2.24) is 10.2 Å². The van der Waals surface area contributed by atoms with Crippen LogP contribution < -0.4 is 10.2 Å². The normalized spacial score (nSPS) is 18.5. The molecule has 0 unspecified atom stereocenters. The van der Waals surface area contributed by atoms with Crippen LogP contribution in [-0.4, -0.2) is 67.7 Å². The Morgan fingerprint density at radius 1 is 1.25 bits per heavy atom. The molecule has 3 amide bonds. The van der Waals surface area contributed by atoms with Gasteiger partial charge in [-0.15, -0.1) is 0 Å². The summed E-state index contributed by atoms with van der Waals surface area (Å²) in [6, 6.07) is 4.55. The van der Waals surface area contributed by atoms with Gasteiger partial charge in [0.05, 0.1) is 18.8 Å². The number of nitrogens with one attached hydrogen (secondary N) is 1. The van der Waals surface area contributed by atoms with Crippen molar-refractivity contribution in [2.45, 2.75) is 32.8 Å². The summed E-state index contributed by atoms with van der Waals surface area (Å²) in [4.78, 5) is 49.2. The van der Waals surface area contributed by atoms with Gasteiger partial charge < -0.3 is 19.7 Å². The van der Waals surface area contributed by atoms with E-state index in [4.69, 9.17) is 9.47 Å². The lowest BCUT2D eigenvalue weighted by Crippen LogP contribution is -2.35. The fourth-order valence-electron chi connectivity index (χ4n) is 3.64. The molecule has 10 heteroatoms. The molecule has 3 rings (SSSR count).